The normalized spacial score (nSPS) is 15.0. The van der Waals surface area contributed by atoms with Gasteiger partial charge in [0, 0.05) is 27.7 Å². The fourth-order valence-electron chi connectivity index (χ4n) is 2.58. The molecule has 0 saturated carbocycles. The number of fused-ring (bicyclic) bond motifs is 1. The minimum Gasteiger partial charge on any atom is -0.467 e. The van der Waals surface area contributed by atoms with Crippen LogP contribution in [0.25, 0.3) is 0 Å². The Morgan fingerprint density at radius 2 is 2.09 bits per heavy atom. The third-order valence-corrected chi connectivity index (χ3v) is 4.77. The lowest BCUT2D eigenvalue weighted by molar-refractivity contribution is -0.0171. The van der Waals surface area contributed by atoms with Crippen LogP contribution in [0.5, 0.6) is 5.75 Å². The molecule has 0 N–H and O–H groups in total. The molecule has 22 heavy (non-hydrogen) atoms. The quantitative estimate of drug-likeness (QED) is 0.865. The van der Waals surface area contributed by atoms with Crippen LogP contribution in [0, 0.1) is 12.7 Å². The summed E-state index contributed by atoms with van der Waals surface area (Å²) in [5.41, 5.74) is 3.48. The first-order valence-corrected chi connectivity index (χ1v) is 8.53. The van der Waals surface area contributed by atoms with Gasteiger partial charge in [0.2, 0.25) is 0 Å². The molecule has 3 nitrogen and oxygen atoms in total. The summed E-state index contributed by atoms with van der Waals surface area (Å²) in [7, 11) is -1.12. The molecule has 116 valence electrons. The zero-order chi connectivity index (χ0) is 15.5. The van der Waals surface area contributed by atoms with Crippen molar-refractivity contribution >= 4 is 10.8 Å². The molecule has 0 radical (unpaired) electrons. The molecule has 1 heterocycles. The van der Waals surface area contributed by atoms with Crippen molar-refractivity contribution in [3.63, 3.8) is 0 Å². The summed E-state index contributed by atoms with van der Waals surface area (Å²) in [6, 6.07) is 10.7. The molecule has 0 amide bonds. The van der Waals surface area contributed by atoms with Gasteiger partial charge in [-0.1, -0.05) is 29.8 Å². The van der Waals surface area contributed by atoms with E-state index < -0.39 is 10.8 Å². The minimum atomic E-state index is -1.12. The maximum absolute atomic E-state index is 13.7. The van der Waals surface area contributed by atoms with Gasteiger partial charge in [-0.15, -0.1) is 0 Å². The molecule has 0 bridgehead atoms. The first-order valence-electron chi connectivity index (χ1n) is 7.04. The predicted molar refractivity (Wildman–Crippen MR) is 83.4 cm³/mol. The highest BCUT2D eigenvalue weighted by Gasteiger charge is 2.18. The van der Waals surface area contributed by atoms with Crippen molar-refractivity contribution in [1.82, 2.24) is 0 Å². The van der Waals surface area contributed by atoms with E-state index in [0.29, 0.717) is 29.2 Å². The molecule has 5 heteroatoms. The second-order valence-electron chi connectivity index (χ2n) is 5.38. The molecule has 0 unspecified atom stereocenters. The van der Waals surface area contributed by atoms with E-state index in [-0.39, 0.29) is 18.4 Å². The first-order chi connectivity index (χ1) is 10.6. The van der Waals surface area contributed by atoms with E-state index in [9.17, 15) is 8.60 Å². The van der Waals surface area contributed by atoms with Crippen molar-refractivity contribution in [2.24, 2.45) is 0 Å². The van der Waals surface area contributed by atoms with Crippen molar-refractivity contribution < 1.29 is 18.1 Å². The molecule has 1 aliphatic heterocycles. The third kappa shape index (κ3) is 3.54. The zero-order valence-corrected chi connectivity index (χ0v) is 13.1. The molecular weight excluding hydrogens is 303 g/mol. The molecule has 1 atom stereocenters. The highest BCUT2D eigenvalue weighted by molar-refractivity contribution is 7.83. The van der Waals surface area contributed by atoms with Gasteiger partial charge in [-0.2, -0.15) is 0 Å². The average molecular weight is 320 g/mol. The van der Waals surface area contributed by atoms with Crippen LogP contribution in [0.2, 0.25) is 0 Å². The molecule has 1 aliphatic rings. The average Bonchev–Trinajstić information content (AvgIpc) is 2.47. The van der Waals surface area contributed by atoms with E-state index in [0.717, 1.165) is 11.1 Å². The largest absolute Gasteiger partial charge is 0.467 e. The van der Waals surface area contributed by atoms with Crippen molar-refractivity contribution in [1.29, 1.82) is 0 Å². The van der Waals surface area contributed by atoms with Crippen LogP contribution in [0.3, 0.4) is 0 Å². The van der Waals surface area contributed by atoms with Gasteiger partial charge in [-0.05, 0) is 24.6 Å². The number of aryl methyl sites for hydroxylation is 1. The Morgan fingerprint density at radius 1 is 1.23 bits per heavy atom. The fourth-order valence-corrected chi connectivity index (χ4v) is 3.79. The summed E-state index contributed by atoms with van der Waals surface area (Å²) in [5.74, 6) is 0.984. The van der Waals surface area contributed by atoms with Crippen LogP contribution in [0.1, 0.15) is 22.3 Å². The fraction of sp³-hybridized carbons (Fsp3) is 0.294. The van der Waals surface area contributed by atoms with Crippen LogP contribution in [0.15, 0.2) is 36.4 Å². The van der Waals surface area contributed by atoms with Gasteiger partial charge in [0.15, 0.2) is 6.79 Å². The second kappa shape index (κ2) is 6.58. The Hall–Kier alpha value is -1.72. The summed E-state index contributed by atoms with van der Waals surface area (Å²) >= 11 is 0. The van der Waals surface area contributed by atoms with Gasteiger partial charge in [0.1, 0.15) is 11.6 Å². The van der Waals surface area contributed by atoms with E-state index in [4.69, 9.17) is 9.47 Å². The van der Waals surface area contributed by atoms with Crippen LogP contribution in [0.4, 0.5) is 4.39 Å². The zero-order valence-electron chi connectivity index (χ0n) is 12.3. The maximum Gasteiger partial charge on any atom is 0.189 e. The Balaban J connectivity index is 1.78. The third-order valence-electron chi connectivity index (χ3n) is 3.48. The molecule has 2 aromatic carbocycles. The maximum atomic E-state index is 13.7. The SMILES string of the molecule is Cc1cccc(C[S@](=O)Cc2cc(F)cc3c2OCOC3)c1. The van der Waals surface area contributed by atoms with E-state index in [1.165, 1.54) is 12.1 Å². The van der Waals surface area contributed by atoms with E-state index in [1.807, 2.05) is 31.2 Å². The van der Waals surface area contributed by atoms with Crippen LogP contribution >= 0.6 is 0 Å². The van der Waals surface area contributed by atoms with Gasteiger partial charge < -0.3 is 9.47 Å². The predicted octanol–water partition coefficient (Wildman–Crippen LogP) is 3.45. The number of hydrogen-bond acceptors (Lipinski definition) is 3. The molecule has 2 aromatic rings. The topological polar surface area (TPSA) is 35.5 Å². The Bertz CT molecular complexity index is 715. The van der Waals surface area contributed by atoms with E-state index in [1.54, 1.807) is 0 Å². The molecule has 3 rings (SSSR count). The van der Waals surface area contributed by atoms with Crippen molar-refractivity contribution in [3.05, 3.63) is 64.5 Å². The van der Waals surface area contributed by atoms with E-state index >= 15 is 0 Å². The summed E-state index contributed by atoms with van der Waals surface area (Å²) < 4.78 is 36.7. The Kier molecular flexibility index (Phi) is 4.55. The van der Waals surface area contributed by atoms with Gasteiger partial charge in [0.25, 0.3) is 0 Å². The van der Waals surface area contributed by atoms with Crippen LogP contribution in [-0.4, -0.2) is 11.0 Å². The summed E-state index contributed by atoms with van der Waals surface area (Å²) in [5, 5.41) is 0. The molecule has 0 saturated heterocycles. The number of halogens is 1. The van der Waals surface area contributed by atoms with Crippen molar-refractivity contribution in [2.45, 2.75) is 25.0 Å². The number of ether oxygens (including phenoxy) is 2. The lowest BCUT2D eigenvalue weighted by Crippen LogP contribution is -2.14. The van der Waals surface area contributed by atoms with Gasteiger partial charge in [0.05, 0.1) is 12.4 Å². The van der Waals surface area contributed by atoms with Gasteiger partial charge >= 0.3 is 0 Å². The van der Waals surface area contributed by atoms with Crippen LogP contribution in [-0.2, 0) is 33.6 Å². The van der Waals surface area contributed by atoms with Crippen LogP contribution < -0.4 is 4.74 Å². The summed E-state index contributed by atoms with van der Waals surface area (Å²) in [6.07, 6.45) is 0. The highest BCUT2D eigenvalue weighted by atomic mass is 32.2. The smallest absolute Gasteiger partial charge is 0.189 e. The van der Waals surface area contributed by atoms with Crippen molar-refractivity contribution in [2.75, 3.05) is 6.79 Å². The molecule has 0 spiro atoms. The van der Waals surface area contributed by atoms with E-state index in [2.05, 4.69) is 0 Å². The first kappa shape index (κ1) is 15.2. The number of rotatable bonds is 4. The number of benzene rings is 2. The molecule has 0 fully saturated rings. The Labute approximate surface area is 131 Å². The summed E-state index contributed by atoms with van der Waals surface area (Å²) in [6.45, 7) is 2.48. The Morgan fingerprint density at radius 3 is 2.91 bits per heavy atom. The standard InChI is InChI=1S/C17H17FO3S/c1-12-3-2-4-13(5-12)9-22(19)10-15-7-16(18)6-14-8-20-11-21-17(14)15/h2-7H,8-11H2,1H3/t22-/m0/s1. The second-order valence-corrected chi connectivity index (χ2v) is 6.84. The van der Waals surface area contributed by atoms with Gasteiger partial charge in [-0.25, -0.2) is 4.39 Å². The monoisotopic (exact) mass is 320 g/mol. The lowest BCUT2D eigenvalue weighted by Gasteiger charge is -2.20. The lowest BCUT2D eigenvalue weighted by atomic mass is 10.1. The molecule has 0 aromatic heterocycles. The van der Waals surface area contributed by atoms with Gasteiger partial charge in [-0.3, -0.25) is 4.21 Å². The summed E-state index contributed by atoms with van der Waals surface area (Å²) in [4.78, 5) is 0. The minimum absolute atomic E-state index is 0.149. The highest BCUT2D eigenvalue weighted by Crippen LogP contribution is 2.30. The molecule has 0 aliphatic carbocycles. The van der Waals surface area contributed by atoms with Crippen molar-refractivity contribution in [3.8, 4) is 5.75 Å². The molecular formula is C17H17FO3S. The number of hydrogen-bond donors (Lipinski definition) is 0.